The van der Waals surface area contributed by atoms with Crippen LogP contribution in [0.1, 0.15) is 41.8 Å². The molecular formula is C27H31N3O5S. The van der Waals surface area contributed by atoms with Crippen LogP contribution in [0.25, 0.3) is 0 Å². The van der Waals surface area contributed by atoms with Gasteiger partial charge in [-0.1, -0.05) is 37.3 Å². The molecule has 0 saturated carbocycles. The number of amides is 1. The minimum absolute atomic E-state index is 0.156. The van der Waals surface area contributed by atoms with Crippen LogP contribution < -0.4 is 19.2 Å². The highest BCUT2D eigenvalue weighted by atomic mass is 32.2. The van der Waals surface area contributed by atoms with Crippen LogP contribution in [0.3, 0.4) is 0 Å². The third kappa shape index (κ3) is 7.58. The fraction of sp³-hybridized carbons (Fsp3) is 0.259. The number of ether oxygens (including phenoxy) is 2. The van der Waals surface area contributed by atoms with Crippen molar-refractivity contribution >= 4 is 27.8 Å². The zero-order valence-corrected chi connectivity index (χ0v) is 21.5. The van der Waals surface area contributed by atoms with Crippen molar-refractivity contribution in [1.82, 2.24) is 5.43 Å². The van der Waals surface area contributed by atoms with Gasteiger partial charge in [0.25, 0.3) is 5.91 Å². The Labute approximate surface area is 212 Å². The second kappa shape index (κ2) is 12.7. The third-order valence-electron chi connectivity index (χ3n) is 5.10. The molecule has 0 fully saturated rings. The second-order valence-corrected chi connectivity index (χ2v) is 9.90. The number of rotatable bonds is 12. The van der Waals surface area contributed by atoms with Crippen LogP contribution in [0, 0.1) is 0 Å². The maximum Gasteiger partial charge on any atom is 0.271 e. The molecule has 0 aliphatic heterocycles. The Kier molecular flexibility index (Phi) is 9.46. The van der Waals surface area contributed by atoms with Gasteiger partial charge in [0, 0.05) is 5.56 Å². The van der Waals surface area contributed by atoms with E-state index in [1.165, 1.54) is 16.8 Å². The average Bonchev–Trinajstić information content (AvgIpc) is 2.87. The molecule has 3 rings (SSSR count). The molecule has 3 aromatic carbocycles. The van der Waals surface area contributed by atoms with Gasteiger partial charge in [-0.2, -0.15) is 5.10 Å². The first-order valence-electron chi connectivity index (χ1n) is 11.7. The van der Waals surface area contributed by atoms with Crippen LogP contribution in [-0.4, -0.2) is 40.0 Å². The molecule has 8 nitrogen and oxygen atoms in total. The van der Waals surface area contributed by atoms with Crippen molar-refractivity contribution in [2.75, 3.05) is 23.8 Å². The molecule has 0 aliphatic carbocycles. The van der Waals surface area contributed by atoms with E-state index in [4.69, 9.17) is 9.47 Å². The van der Waals surface area contributed by atoms with Crippen LogP contribution in [0.4, 0.5) is 5.69 Å². The number of benzene rings is 3. The van der Waals surface area contributed by atoms with Gasteiger partial charge in [-0.25, -0.2) is 13.8 Å². The maximum atomic E-state index is 12.5. The molecule has 1 amide bonds. The van der Waals surface area contributed by atoms with E-state index in [1.54, 1.807) is 54.6 Å². The topological polar surface area (TPSA) is 97.3 Å². The monoisotopic (exact) mass is 509 g/mol. The predicted octanol–water partition coefficient (Wildman–Crippen LogP) is 4.60. The summed E-state index contributed by atoms with van der Waals surface area (Å²) in [5.74, 6) is 0.908. The quantitative estimate of drug-likeness (QED) is 0.284. The van der Waals surface area contributed by atoms with Crippen molar-refractivity contribution < 1.29 is 22.7 Å². The lowest BCUT2D eigenvalue weighted by molar-refractivity contribution is 0.0955. The van der Waals surface area contributed by atoms with Gasteiger partial charge in [0.15, 0.2) is 11.5 Å². The average molecular weight is 510 g/mol. The summed E-state index contributed by atoms with van der Waals surface area (Å²) in [6, 6.07) is 21.1. The smallest absolute Gasteiger partial charge is 0.271 e. The molecule has 9 heteroatoms. The predicted molar refractivity (Wildman–Crippen MR) is 142 cm³/mol. The van der Waals surface area contributed by atoms with Crippen molar-refractivity contribution in [1.29, 1.82) is 0 Å². The highest BCUT2D eigenvalue weighted by molar-refractivity contribution is 7.92. The number of nitrogens with one attached hydrogen (secondary N) is 1. The summed E-state index contributed by atoms with van der Waals surface area (Å²) in [5, 5.41) is 4.05. The van der Waals surface area contributed by atoms with E-state index in [-0.39, 0.29) is 12.5 Å². The van der Waals surface area contributed by atoms with Crippen molar-refractivity contribution in [3.8, 4) is 11.5 Å². The van der Waals surface area contributed by atoms with E-state index < -0.39 is 10.0 Å². The summed E-state index contributed by atoms with van der Waals surface area (Å²) in [7, 11) is -3.48. The fourth-order valence-electron chi connectivity index (χ4n) is 3.36. The summed E-state index contributed by atoms with van der Waals surface area (Å²) >= 11 is 0. The molecule has 0 unspecified atom stereocenters. The summed E-state index contributed by atoms with van der Waals surface area (Å²) in [6.07, 6.45) is 3.59. The van der Waals surface area contributed by atoms with Crippen LogP contribution >= 0.6 is 0 Å². The van der Waals surface area contributed by atoms with Crippen LogP contribution in [0.15, 0.2) is 77.9 Å². The summed E-state index contributed by atoms with van der Waals surface area (Å²) in [4.78, 5) is 12.5. The Bertz CT molecular complexity index is 1280. The first-order chi connectivity index (χ1) is 17.3. The first kappa shape index (κ1) is 26.7. The standard InChI is InChI=1S/C27H31N3O5S/c1-4-17-35-25-16-13-22(18-26(25)34-5-2)19-28-29-27(31)23-14-11-21(12-15-23)20-30(36(3,32)33)24-9-7-6-8-10-24/h6-16,18-19H,4-5,17,20H2,1-3H3,(H,29,31)/b28-19-. The number of para-hydroxylation sites is 1. The van der Waals surface area contributed by atoms with Gasteiger partial charge in [-0.3, -0.25) is 9.10 Å². The molecular weight excluding hydrogens is 478 g/mol. The zero-order chi connectivity index (χ0) is 26.0. The minimum atomic E-state index is -3.48. The van der Waals surface area contributed by atoms with Crippen LogP contribution in [0.5, 0.6) is 11.5 Å². The first-order valence-corrected chi connectivity index (χ1v) is 13.5. The molecule has 0 saturated heterocycles. The van der Waals surface area contributed by atoms with Gasteiger partial charge >= 0.3 is 0 Å². The molecule has 0 aliphatic rings. The lowest BCUT2D eigenvalue weighted by atomic mass is 10.1. The molecule has 36 heavy (non-hydrogen) atoms. The van der Waals surface area contributed by atoms with E-state index in [9.17, 15) is 13.2 Å². The second-order valence-electron chi connectivity index (χ2n) is 7.99. The molecule has 0 aromatic heterocycles. The van der Waals surface area contributed by atoms with Gasteiger partial charge in [0.1, 0.15) is 0 Å². The Morgan fingerprint density at radius 1 is 0.972 bits per heavy atom. The number of anilines is 1. The SMILES string of the molecule is CCCOc1ccc(/C=N\NC(=O)c2ccc(CN(c3ccccc3)S(C)(=O)=O)cc2)cc1OCC. The molecule has 3 aromatic rings. The number of carbonyl (C=O) groups excluding carboxylic acids is 1. The number of carbonyl (C=O) groups is 1. The normalized spacial score (nSPS) is 11.3. The summed E-state index contributed by atoms with van der Waals surface area (Å²) in [6.45, 7) is 5.19. The highest BCUT2D eigenvalue weighted by Crippen LogP contribution is 2.28. The lowest BCUT2D eigenvalue weighted by Crippen LogP contribution is -2.29. The number of nitrogens with zero attached hydrogens (tertiary/aromatic N) is 2. The van der Waals surface area contributed by atoms with Gasteiger partial charge < -0.3 is 9.47 Å². The Balaban J connectivity index is 1.64. The van der Waals surface area contributed by atoms with Crippen molar-refractivity contribution in [3.05, 3.63) is 89.5 Å². The Morgan fingerprint density at radius 3 is 2.33 bits per heavy atom. The van der Waals surface area contributed by atoms with Crippen LogP contribution in [0.2, 0.25) is 0 Å². The van der Waals surface area contributed by atoms with E-state index >= 15 is 0 Å². The van der Waals surface area contributed by atoms with Crippen molar-refractivity contribution in [3.63, 3.8) is 0 Å². The van der Waals surface area contributed by atoms with E-state index in [0.717, 1.165) is 17.5 Å². The molecule has 190 valence electrons. The molecule has 0 heterocycles. The molecule has 1 N–H and O–H groups in total. The van der Waals surface area contributed by atoms with Gasteiger partial charge in [0.2, 0.25) is 10.0 Å². The number of hydrogen-bond acceptors (Lipinski definition) is 6. The van der Waals surface area contributed by atoms with Crippen LogP contribution in [-0.2, 0) is 16.6 Å². The highest BCUT2D eigenvalue weighted by Gasteiger charge is 2.17. The summed E-state index contributed by atoms with van der Waals surface area (Å²) in [5.41, 5.74) is 4.99. The number of hydrogen-bond donors (Lipinski definition) is 1. The van der Waals surface area contributed by atoms with Gasteiger partial charge in [-0.05, 0) is 66.9 Å². The van der Waals surface area contributed by atoms with Crippen molar-refractivity contribution in [2.24, 2.45) is 5.10 Å². The lowest BCUT2D eigenvalue weighted by Gasteiger charge is -2.22. The van der Waals surface area contributed by atoms with E-state index in [0.29, 0.717) is 36.0 Å². The Morgan fingerprint density at radius 2 is 1.69 bits per heavy atom. The molecule has 0 bridgehead atoms. The fourth-order valence-corrected chi connectivity index (χ4v) is 4.24. The molecule has 0 radical (unpaired) electrons. The minimum Gasteiger partial charge on any atom is -0.490 e. The van der Waals surface area contributed by atoms with Gasteiger partial charge in [-0.15, -0.1) is 0 Å². The Hall–Kier alpha value is -3.85. The van der Waals surface area contributed by atoms with E-state index in [2.05, 4.69) is 10.5 Å². The maximum absolute atomic E-state index is 12.5. The van der Waals surface area contributed by atoms with Crippen molar-refractivity contribution in [2.45, 2.75) is 26.8 Å². The van der Waals surface area contributed by atoms with Gasteiger partial charge in [0.05, 0.1) is 37.9 Å². The van der Waals surface area contributed by atoms with E-state index in [1.807, 2.05) is 32.0 Å². The third-order valence-corrected chi connectivity index (χ3v) is 6.24. The largest absolute Gasteiger partial charge is 0.490 e. The summed E-state index contributed by atoms with van der Waals surface area (Å²) < 4.78 is 37.3. The number of hydrazone groups is 1. The molecule has 0 atom stereocenters. The zero-order valence-electron chi connectivity index (χ0n) is 20.7. The molecule has 0 spiro atoms. The number of sulfonamides is 1.